The summed E-state index contributed by atoms with van der Waals surface area (Å²) in [5, 5.41) is 6.20. The van der Waals surface area contributed by atoms with Gasteiger partial charge in [0.05, 0.1) is 13.2 Å². The second kappa shape index (κ2) is 5.87. The van der Waals surface area contributed by atoms with Gasteiger partial charge >= 0.3 is 0 Å². The third-order valence-corrected chi connectivity index (χ3v) is 3.11. The molecule has 0 aromatic heterocycles. The third kappa shape index (κ3) is 3.47. The number of amides is 1. The van der Waals surface area contributed by atoms with Gasteiger partial charge in [-0.15, -0.1) is 0 Å². The van der Waals surface area contributed by atoms with E-state index in [1.165, 1.54) is 0 Å². The van der Waals surface area contributed by atoms with Gasteiger partial charge in [-0.2, -0.15) is 0 Å². The molecule has 0 saturated heterocycles. The topological polar surface area (TPSA) is 50.4 Å². The van der Waals surface area contributed by atoms with Gasteiger partial charge in [-0.25, -0.2) is 0 Å². The first kappa shape index (κ1) is 12.9. The van der Waals surface area contributed by atoms with Gasteiger partial charge < -0.3 is 15.4 Å². The average molecular weight is 248 g/mol. The predicted molar refractivity (Wildman–Crippen MR) is 70.5 cm³/mol. The lowest BCUT2D eigenvalue weighted by Gasteiger charge is -2.15. The normalized spacial score (nSPS) is 16.1. The molecule has 0 bridgehead atoms. The molecule has 1 amide bonds. The van der Waals surface area contributed by atoms with Crippen LogP contribution in [0.5, 0.6) is 5.75 Å². The first-order chi connectivity index (χ1) is 8.70. The minimum absolute atomic E-state index is 0.0763. The fourth-order valence-corrected chi connectivity index (χ4v) is 1.76. The molecule has 4 nitrogen and oxygen atoms in total. The Morgan fingerprint density at radius 2 is 2.17 bits per heavy atom. The molecule has 1 aromatic rings. The lowest BCUT2D eigenvalue weighted by Crippen LogP contribution is -2.42. The SMILES string of the molecule is COc1ccccc1CNC(C)C(=O)NC1CC1. The van der Waals surface area contributed by atoms with Crippen LogP contribution < -0.4 is 15.4 Å². The molecule has 1 aliphatic rings. The van der Waals surface area contributed by atoms with Crippen LogP contribution in [0.15, 0.2) is 24.3 Å². The van der Waals surface area contributed by atoms with E-state index in [1.807, 2.05) is 31.2 Å². The highest BCUT2D eigenvalue weighted by Crippen LogP contribution is 2.19. The van der Waals surface area contributed by atoms with E-state index in [9.17, 15) is 4.79 Å². The van der Waals surface area contributed by atoms with E-state index in [2.05, 4.69) is 10.6 Å². The van der Waals surface area contributed by atoms with Crippen molar-refractivity contribution in [3.8, 4) is 5.75 Å². The van der Waals surface area contributed by atoms with E-state index >= 15 is 0 Å². The number of hydrogen-bond acceptors (Lipinski definition) is 3. The molecule has 1 unspecified atom stereocenters. The maximum absolute atomic E-state index is 11.8. The summed E-state index contributed by atoms with van der Waals surface area (Å²) in [5.74, 6) is 0.923. The Hall–Kier alpha value is -1.55. The van der Waals surface area contributed by atoms with Crippen molar-refractivity contribution in [1.82, 2.24) is 10.6 Å². The lowest BCUT2D eigenvalue weighted by molar-refractivity contribution is -0.122. The molecule has 2 N–H and O–H groups in total. The molecule has 0 aliphatic heterocycles. The fourth-order valence-electron chi connectivity index (χ4n) is 1.76. The summed E-state index contributed by atoms with van der Waals surface area (Å²) in [6.07, 6.45) is 2.23. The summed E-state index contributed by atoms with van der Waals surface area (Å²) in [6.45, 7) is 2.51. The third-order valence-electron chi connectivity index (χ3n) is 3.11. The van der Waals surface area contributed by atoms with Crippen LogP contribution >= 0.6 is 0 Å². The highest BCUT2D eigenvalue weighted by Gasteiger charge is 2.25. The molecule has 0 heterocycles. The Kier molecular flexibility index (Phi) is 4.20. The smallest absolute Gasteiger partial charge is 0.237 e. The van der Waals surface area contributed by atoms with Gasteiger partial charge in [-0.3, -0.25) is 4.79 Å². The molecule has 0 radical (unpaired) electrons. The zero-order chi connectivity index (χ0) is 13.0. The monoisotopic (exact) mass is 248 g/mol. The minimum atomic E-state index is -0.185. The second-order valence-electron chi connectivity index (χ2n) is 4.70. The molecule has 1 aliphatic carbocycles. The van der Waals surface area contributed by atoms with Gasteiger partial charge in [0.1, 0.15) is 5.75 Å². The molecule has 1 aromatic carbocycles. The van der Waals surface area contributed by atoms with Crippen molar-refractivity contribution in [3.63, 3.8) is 0 Å². The number of ether oxygens (including phenoxy) is 1. The summed E-state index contributed by atoms with van der Waals surface area (Å²) in [6, 6.07) is 8.05. The van der Waals surface area contributed by atoms with Crippen LogP contribution in [-0.4, -0.2) is 25.1 Å². The first-order valence-corrected chi connectivity index (χ1v) is 6.36. The van der Waals surface area contributed by atoms with E-state index in [1.54, 1.807) is 7.11 Å². The van der Waals surface area contributed by atoms with Crippen molar-refractivity contribution in [1.29, 1.82) is 0 Å². The molecule has 1 saturated carbocycles. The number of carbonyl (C=O) groups is 1. The van der Waals surface area contributed by atoms with Crippen molar-refractivity contribution in [3.05, 3.63) is 29.8 Å². The standard InChI is InChI=1S/C14H20N2O2/c1-10(14(17)16-12-7-8-12)15-9-11-5-3-4-6-13(11)18-2/h3-6,10,12,15H,7-9H2,1-2H3,(H,16,17). The number of nitrogens with one attached hydrogen (secondary N) is 2. The molecule has 2 rings (SSSR count). The molecule has 98 valence electrons. The Bertz CT molecular complexity index is 416. The summed E-state index contributed by atoms with van der Waals surface area (Å²) in [5.41, 5.74) is 1.06. The highest BCUT2D eigenvalue weighted by molar-refractivity contribution is 5.81. The highest BCUT2D eigenvalue weighted by atomic mass is 16.5. The van der Waals surface area contributed by atoms with Crippen molar-refractivity contribution < 1.29 is 9.53 Å². The van der Waals surface area contributed by atoms with E-state index in [4.69, 9.17) is 4.74 Å². The second-order valence-corrected chi connectivity index (χ2v) is 4.70. The van der Waals surface area contributed by atoms with E-state index in [0.717, 1.165) is 24.2 Å². The summed E-state index contributed by atoms with van der Waals surface area (Å²) in [4.78, 5) is 11.8. The predicted octanol–water partition coefficient (Wildman–Crippen LogP) is 1.45. The molecule has 0 spiro atoms. The van der Waals surface area contributed by atoms with Crippen molar-refractivity contribution in [2.75, 3.05) is 7.11 Å². The summed E-state index contributed by atoms with van der Waals surface area (Å²) in [7, 11) is 1.65. The Morgan fingerprint density at radius 1 is 1.44 bits per heavy atom. The molecule has 4 heteroatoms. The van der Waals surface area contributed by atoms with Crippen LogP contribution in [0.2, 0.25) is 0 Å². The van der Waals surface area contributed by atoms with Gasteiger partial charge in [0.15, 0.2) is 0 Å². The van der Waals surface area contributed by atoms with Crippen molar-refractivity contribution in [2.24, 2.45) is 0 Å². The van der Waals surface area contributed by atoms with Crippen LogP contribution in [-0.2, 0) is 11.3 Å². The van der Waals surface area contributed by atoms with Crippen molar-refractivity contribution >= 4 is 5.91 Å². The average Bonchev–Trinajstić information content (AvgIpc) is 3.20. The maximum Gasteiger partial charge on any atom is 0.237 e. The van der Waals surface area contributed by atoms with Crippen LogP contribution in [0.1, 0.15) is 25.3 Å². The number of para-hydroxylation sites is 1. The first-order valence-electron chi connectivity index (χ1n) is 6.36. The zero-order valence-electron chi connectivity index (χ0n) is 10.9. The maximum atomic E-state index is 11.8. The number of methoxy groups -OCH3 is 1. The lowest BCUT2D eigenvalue weighted by atomic mass is 10.2. The van der Waals surface area contributed by atoms with E-state index in [-0.39, 0.29) is 11.9 Å². The van der Waals surface area contributed by atoms with Gasteiger partial charge in [0, 0.05) is 18.2 Å². The number of hydrogen-bond donors (Lipinski definition) is 2. The molecule has 1 atom stereocenters. The molecular formula is C14H20N2O2. The molecule has 1 fully saturated rings. The molecular weight excluding hydrogens is 228 g/mol. The summed E-state index contributed by atoms with van der Waals surface area (Å²) >= 11 is 0. The van der Waals surface area contributed by atoms with Crippen LogP contribution in [0, 0.1) is 0 Å². The van der Waals surface area contributed by atoms with Gasteiger partial charge in [-0.05, 0) is 25.8 Å². The fraction of sp³-hybridized carbons (Fsp3) is 0.500. The molecule has 18 heavy (non-hydrogen) atoms. The Labute approximate surface area is 108 Å². The van der Waals surface area contributed by atoms with E-state index < -0.39 is 0 Å². The minimum Gasteiger partial charge on any atom is -0.496 e. The quantitative estimate of drug-likeness (QED) is 0.801. The van der Waals surface area contributed by atoms with Gasteiger partial charge in [0.25, 0.3) is 0 Å². The largest absolute Gasteiger partial charge is 0.496 e. The zero-order valence-corrected chi connectivity index (χ0v) is 10.9. The number of rotatable bonds is 6. The van der Waals surface area contributed by atoms with Gasteiger partial charge in [-0.1, -0.05) is 18.2 Å². The number of carbonyl (C=O) groups excluding carboxylic acids is 1. The van der Waals surface area contributed by atoms with Crippen LogP contribution in [0.25, 0.3) is 0 Å². The number of benzene rings is 1. The van der Waals surface area contributed by atoms with Crippen LogP contribution in [0.4, 0.5) is 0 Å². The summed E-state index contributed by atoms with van der Waals surface area (Å²) < 4.78 is 5.27. The van der Waals surface area contributed by atoms with Gasteiger partial charge in [0.2, 0.25) is 5.91 Å². The Balaban J connectivity index is 1.84. The van der Waals surface area contributed by atoms with Crippen LogP contribution in [0.3, 0.4) is 0 Å². The van der Waals surface area contributed by atoms with E-state index in [0.29, 0.717) is 12.6 Å². The Morgan fingerprint density at radius 3 is 2.83 bits per heavy atom. The van der Waals surface area contributed by atoms with Crippen molar-refractivity contribution in [2.45, 2.75) is 38.4 Å².